The monoisotopic (exact) mass is 319 g/mol. The maximum Gasteiger partial charge on any atom is 0.227 e. The molecule has 0 atom stereocenters. The first-order valence-corrected chi connectivity index (χ1v) is 7.81. The van der Waals surface area contributed by atoms with Crippen LogP contribution in [0.3, 0.4) is 0 Å². The topological polar surface area (TPSA) is 49.0 Å². The highest BCUT2D eigenvalue weighted by Gasteiger charge is 2.24. The predicted molar refractivity (Wildman–Crippen MR) is 81.7 cm³/mol. The molecular formula is C17H19F2N3O. The molecule has 0 saturated carbocycles. The molecule has 1 fully saturated rings. The molecule has 2 heterocycles. The third-order valence-corrected chi connectivity index (χ3v) is 4.39. The van der Waals surface area contributed by atoms with Crippen LogP contribution < -0.4 is 0 Å². The Kier molecular flexibility index (Phi) is 4.69. The number of hydrogen-bond acceptors (Lipinski definition) is 2. The van der Waals surface area contributed by atoms with Gasteiger partial charge in [0.1, 0.15) is 11.6 Å². The smallest absolute Gasteiger partial charge is 0.227 e. The van der Waals surface area contributed by atoms with Crippen LogP contribution in [0.5, 0.6) is 0 Å². The van der Waals surface area contributed by atoms with E-state index in [1.165, 1.54) is 12.1 Å². The number of rotatable bonds is 4. The highest BCUT2D eigenvalue weighted by molar-refractivity contribution is 5.78. The highest BCUT2D eigenvalue weighted by atomic mass is 19.1. The van der Waals surface area contributed by atoms with Gasteiger partial charge in [-0.1, -0.05) is 0 Å². The van der Waals surface area contributed by atoms with Crippen LogP contribution >= 0.6 is 0 Å². The number of aromatic amines is 1. The SMILES string of the molecule is O=C(Cc1cn[nH]c1)N1CCC(Cc2cc(F)ccc2F)CC1. The van der Waals surface area contributed by atoms with Crippen molar-refractivity contribution in [2.45, 2.75) is 25.7 Å². The fourth-order valence-corrected chi connectivity index (χ4v) is 3.06. The molecule has 2 aromatic rings. The summed E-state index contributed by atoms with van der Waals surface area (Å²) < 4.78 is 26.9. The van der Waals surface area contributed by atoms with Crippen LogP contribution in [0.15, 0.2) is 30.6 Å². The van der Waals surface area contributed by atoms with Gasteiger partial charge in [-0.2, -0.15) is 5.10 Å². The molecule has 4 nitrogen and oxygen atoms in total. The summed E-state index contributed by atoms with van der Waals surface area (Å²) in [6, 6.07) is 3.58. The van der Waals surface area contributed by atoms with Crippen LogP contribution in [-0.4, -0.2) is 34.1 Å². The number of carbonyl (C=O) groups is 1. The van der Waals surface area contributed by atoms with E-state index in [1.807, 2.05) is 4.90 Å². The Balaban J connectivity index is 1.52. The van der Waals surface area contributed by atoms with Crippen molar-refractivity contribution < 1.29 is 13.6 Å². The molecule has 122 valence electrons. The van der Waals surface area contributed by atoms with Gasteiger partial charge in [0.2, 0.25) is 5.91 Å². The van der Waals surface area contributed by atoms with E-state index in [4.69, 9.17) is 0 Å². The predicted octanol–water partition coefficient (Wildman–Crippen LogP) is 2.71. The molecule has 1 amide bonds. The maximum atomic E-state index is 13.7. The Morgan fingerprint density at radius 1 is 1.30 bits per heavy atom. The third kappa shape index (κ3) is 3.94. The minimum atomic E-state index is -0.408. The zero-order chi connectivity index (χ0) is 16.2. The van der Waals surface area contributed by atoms with Gasteiger partial charge in [-0.15, -0.1) is 0 Å². The van der Waals surface area contributed by atoms with Crippen LogP contribution in [-0.2, 0) is 17.6 Å². The first-order valence-electron chi connectivity index (χ1n) is 7.81. The van der Waals surface area contributed by atoms with E-state index in [9.17, 15) is 13.6 Å². The minimum absolute atomic E-state index is 0.0850. The lowest BCUT2D eigenvalue weighted by Gasteiger charge is -2.32. The van der Waals surface area contributed by atoms with Crippen molar-refractivity contribution in [1.29, 1.82) is 0 Å². The van der Waals surface area contributed by atoms with Gasteiger partial charge in [0.05, 0.1) is 12.6 Å². The van der Waals surface area contributed by atoms with E-state index in [2.05, 4.69) is 10.2 Å². The van der Waals surface area contributed by atoms with Crippen LogP contribution in [0.4, 0.5) is 8.78 Å². The molecule has 1 aromatic heterocycles. The van der Waals surface area contributed by atoms with E-state index in [-0.39, 0.29) is 17.6 Å². The lowest BCUT2D eigenvalue weighted by Crippen LogP contribution is -2.39. The molecule has 0 bridgehead atoms. The van der Waals surface area contributed by atoms with Crippen LogP contribution in [0, 0.1) is 17.6 Å². The summed E-state index contributed by atoms with van der Waals surface area (Å²) in [5, 5.41) is 6.53. The second kappa shape index (κ2) is 6.89. The number of hydrogen-bond donors (Lipinski definition) is 1. The van der Waals surface area contributed by atoms with Gasteiger partial charge in [0, 0.05) is 19.3 Å². The lowest BCUT2D eigenvalue weighted by atomic mass is 9.89. The van der Waals surface area contributed by atoms with Gasteiger partial charge in [0.15, 0.2) is 0 Å². The van der Waals surface area contributed by atoms with E-state index >= 15 is 0 Å². The first-order chi connectivity index (χ1) is 11.1. The lowest BCUT2D eigenvalue weighted by molar-refractivity contribution is -0.131. The minimum Gasteiger partial charge on any atom is -0.342 e. The third-order valence-electron chi connectivity index (χ3n) is 4.39. The van der Waals surface area contributed by atoms with Crippen LogP contribution in [0.25, 0.3) is 0 Å². The molecule has 1 N–H and O–H groups in total. The average molecular weight is 319 g/mol. The molecule has 0 unspecified atom stereocenters. The Bertz CT molecular complexity index is 664. The summed E-state index contributed by atoms with van der Waals surface area (Å²) in [4.78, 5) is 14.0. The van der Waals surface area contributed by atoms with E-state index in [0.29, 0.717) is 31.5 Å². The van der Waals surface area contributed by atoms with E-state index in [0.717, 1.165) is 24.5 Å². The van der Waals surface area contributed by atoms with Gasteiger partial charge in [-0.3, -0.25) is 9.89 Å². The zero-order valence-electron chi connectivity index (χ0n) is 12.8. The Hall–Kier alpha value is -2.24. The normalized spacial score (nSPS) is 15.8. The second-order valence-corrected chi connectivity index (χ2v) is 6.05. The summed E-state index contributed by atoms with van der Waals surface area (Å²) in [6.07, 6.45) is 5.86. The molecule has 3 rings (SSSR count). The summed E-state index contributed by atoms with van der Waals surface area (Å²) in [5.41, 5.74) is 1.30. The summed E-state index contributed by atoms with van der Waals surface area (Å²) in [6.45, 7) is 1.33. The largest absolute Gasteiger partial charge is 0.342 e. The number of piperidine rings is 1. The van der Waals surface area contributed by atoms with Gasteiger partial charge in [-0.05, 0) is 54.5 Å². The Morgan fingerprint density at radius 3 is 2.78 bits per heavy atom. The number of amides is 1. The van der Waals surface area contributed by atoms with Gasteiger partial charge in [0.25, 0.3) is 0 Å². The van der Waals surface area contributed by atoms with E-state index < -0.39 is 5.82 Å². The number of likely N-dealkylation sites (tertiary alicyclic amines) is 1. The van der Waals surface area contributed by atoms with Crippen molar-refractivity contribution in [2.75, 3.05) is 13.1 Å². The average Bonchev–Trinajstić information content (AvgIpc) is 3.04. The van der Waals surface area contributed by atoms with Gasteiger partial charge in [-0.25, -0.2) is 8.78 Å². The number of carbonyl (C=O) groups excluding carboxylic acids is 1. The molecule has 6 heteroatoms. The quantitative estimate of drug-likeness (QED) is 0.942. The molecule has 23 heavy (non-hydrogen) atoms. The van der Waals surface area contributed by atoms with Crippen molar-refractivity contribution in [3.05, 3.63) is 53.4 Å². The fraction of sp³-hybridized carbons (Fsp3) is 0.412. The van der Waals surface area contributed by atoms with Crippen molar-refractivity contribution in [2.24, 2.45) is 5.92 Å². The Labute approximate surface area is 133 Å². The molecule has 0 radical (unpaired) electrons. The molecule has 0 spiro atoms. The molecule has 1 aliphatic rings. The summed E-state index contributed by atoms with van der Waals surface area (Å²) >= 11 is 0. The van der Waals surface area contributed by atoms with Crippen molar-refractivity contribution in [1.82, 2.24) is 15.1 Å². The number of halogens is 2. The molecule has 0 aliphatic carbocycles. The van der Waals surface area contributed by atoms with Crippen molar-refractivity contribution >= 4 is 5.91 Å². The number of H-pyrrole nitrogens is 1. The van der Waals surface area contributed by atoms with E-state index in [1.54, 1.807) is 12.4 Å². The number of nitrogens with zero attached hydrogens (tertiary/aromatic N) is 2. The number of benzene rings is 1. The van der Waals surface area contributed by atoms with Gasteiger partial charge >= 0.3 is 0 Å². The number of nitrogens with one attached hydrogen (secondary N) is 1. The summed E-state index contributed by atoms with van der Waals surface area (Å²) in [7, 11) is 0. The summed E-state index contributed by atoms with van der Waals surface area (Å²) in [5.74, 6) is -0.398. The van der Waals surface area contributed by atoms with Crippen molar-refractivity contribution in [3.8, 4) is 0 Å². The molecule has 1 saturated heterocycles. The fourth-order valence-electron chi connectivity index (χ4n) is 3.06. The standard InChI is InChI=1S/C17H19F2N3O/c18-15-1-2-16(19)14(9-15)7-12-3-5-22(6-4-12)17(23)8-13-10-20-21-11-13/h1-2,9-12H,3-8H2,(H,20,21). The second-order valence-electron chi connectivity index (χ2n) is 6.05. The van der Waals surface area contributed by atoms with Gasteiger partial charge < -0.3 is 4.90 Å². The van der Waals surface area contributed by atoms with Crippen LogP contribution in [0.1, 0.15) is 24.0 Å². The highest BCUT2D eigenvalue weighted by Crippen LogP contribution is 2.24. The first kappa shape index (κ1) is 15.6. The number of aromatic nitrogens is 2. The Morgan fingerprint density at radius 2 is 2.09 bits per heavy atom. The molecule has 1 aliphatic heterocycles. The van der Waals surface area contributed by atoms with Crippen LogP contribution in [0.2, 0.25) is 0 Å². The van der Waals surface area contributed by atoms with Crippen molar-refractivity contribution in [3.63, 3.8) is 0 Å². The molecular weight excluding hydrogens is 300 g/mol. The zero-order valence-corrected chi connectivity index (χ0v) is 12.8. The molecule has 1 aromatic carbocycles. The maximum absolute atomic E-state index is 13.7.